The first-order valence-corrected chi connectivity index (χ1v) is 6.63. The highest BCUT2D eigenvalue weighted by atomic mass is 32.1. The van der Waals surface area contributed by atoms with E-state index in [0.717, 1.165) is 12.8 Å². The molecule has 0 bridgehead atoms. The number of hydrogen-bond acceptors (Lipinski definition) is 6. The van der Waals surface area contributed by atoms with Crippen molar-refractivity contribution < 1.29 is 9.42 Å². The Kier molecular flexibility index (Phi) is 2.75. The number of nitrogens with zero attached hydrogens (tertiary/aromatic N) is 3. The molecular formula is C11H12N4O2S. The normalized spacial score (nSPS) is 19.3. The van der Waals surface area contributed by atoms with Crippen LogP contribution in [0.2, 0.25) is 0 Å². The van der Waals surface area contributed by atoms with Gasteiger partial charge in [-0.25, -0.2) is 4.63 Å². The van der Waals surface area contributed by atoms with Crippen LogP contribution in [0.25, 0.3) is 0 Å². The van der Waals surface area contributed by atoms with Crippen LogP contribution < -0.4 is 5.73 Å². The number of nitrogen functional groups attached to an aromatic ring is 1. The first-order chi connectivity index (χ1) is 8.77. The van der Waals surface area contributed by atoms with Crippen LogP contribution in [0.4, 0.5) is 5.82 Å². The number of carbonyl (C=O) groups excluding carboxylic acids is 1. The lowest BCUT2D eigenvalue weighted by molar-refractivity contribution is 0.0725. The van der Waals surface area contributed by atoms with Gasteiger partial charge in [0.15, 0.2) is 0 Å². The molecule has 1 aliphatic rings. The third-order valence-corrected chi connectivity index (χ3v) is 3.86. The Morgan fingerprint density at radius 1 is 1.56 bits per heavy atom. The summed E-state index contributed by atoms with van der Waals surface area (Å²) in [7, 11) is 0. The molecule has 6 nitrogen and oxygen atoms in total. The molecule has 0 aromatic carbocycles. The van der Waals surface area contributed by atoms with E-state index in [4.69, 9.17) is 5.73 Å². The van der Waals surface area contributed by atoms with E-state index < -0.39 is 0 Å². The molecule has 0 spiro atoms. The lowest BCUT2D eigenvalue weighted by atomic mass is 10.1. The topological polar surface area (TPSA) is 85.2 Å². The van der Waals surface area contributed by atoms with Gasteiger partial charge in [0.25, 0.3) is 5.91 Å². The summed E-state index contributed by atoms with van der Waals surface area (Å²) in [6.45, 7) is 0.714. The molecule has 18 heavy (non-hydrogen) atoms. The van der Waals surface area contributed by atoms with Gasteiger partial charge in [0.2, 0.25) is 11.5 Å². The molecule has 0 saturated carbocycles. The van der Waals surface area contributed by atoms with E-state index in [1.165, 1.54) is 5.56 Å². The minimum absolute atomic E-state index is 0.0518. The van der Waals surface area contributed by atoms with Gasteiger partial charge in [-0.2, -0.15) is 11.3 Å². The zero-order chi connectivity index (χ0) is 12.5. The zero-order valence-electron chi connectivity index (χ0n) is 9.57. The average Bonchev–Trinajstić information content (AvgIpc) is 3.09. The van der Waals surface area contributed by atoms with Crippen molar-refractivity contribution >= 4 is 23.1 Å². The van der Waals surface area contributed by atoms with E-state index in [2.05, 4.69) is 20.3 Å². The molecule has 7 heteroatoms. The number of likely N-dealkylation sites (tertiary alicyclic amines) is 1. The summed E-state index contributed by atoms with van der Waals surface area (Å²) in [4.78, 5) is 14.1. The van der Waals surface area contributed by atoms with Crippen molar-refractivity contribution in [2.45, 2.75) is 18.9 Å². The molecule has 1 saturated heterocycles. The highest BCUT2D eigenvalue weighted by molar-refractivity contribution is 7.07. The van der Waals surface area contributed by atoms with Crippen LogP contribution in [-0.4, -0.2) is 27.7 Å². The number of amides is 1. The lowest BCUT2D eigenvalue weighted by Crippen LogP contribution is -2.31. The molecule has 0 aliphatic carbocycles. The van der Waals surface area contributed by atoms with Gasteiger partial charge in [0, 0.05) is 6.54 Å². The quantitative estimate of drug-likeness (QED) is 0.892. The van der Waals surface area contributed by atoms with Crippen LogP contribution in [0, 0.1) is 0 Å². The number of hydrogen-bond donors (Lipinski definition) is 1. The van der Waals surface area contributed by atoms with Gasteiger partial charge in [0.1, 0.15) is 0 Å². The number of anilines is 1. The van der Waals surface area contributed by atoms with E-state index in [-0.39, 0.29) is 23.5 Å². The molecule has 2 N–H and O–H groups in total. The molecule has 1 fully saturated rings. The fourth-order valence-corrected chi connectivity index (χ4v) is 3.01. The van der Waals surface area contributed by atoms with Gasteiger partial charge in [-0.05, 0) is 45.5 Å². The molecule has 1 unspecified atom stereocenters. The fourth-order valence-electron chi connectivity index (χ4n) is 2.30. The van der Waals surface area contributed by atoms with Crippen molar-refractivity contribution in [1.29, 1.82) is 0 Å². The summed E-state index contributed by atoms with van der Waals surface area (Å²) in [6.07, 6.45) is 1.95. The van der Waals surface area contributed by atoms with E-state index >= 15 is 0 Å². The Balaban J connectivity index is 1.88. The summed E-state index contributed by atoms with van der Waals surface area (Å²) in [5.41, 5.74) is 6.84. The second kappa shape index (κ2) is 4.41. The van der Waals surface area contributed by atoms with Crippen molar-refractivity contribution in [3.05, 3.63) is 28.1 Å². The standard InChI is InChI=1S/C11H12N4O2S/c12-10-9(13-17-14-10)11(16)15-4-1-2-8(15)7-3-5-18-6-7/h3,5-6,8H,1-2,4H2,(H2,12,14). The maximum Gasteiger partial charge on any atom is 0.280 e. The van der Waals surface area contributed by atoms with Gasteiger partial charge >= 0.3 is 0 Å². The predicted molar refractivity (Wildman–Crippen MR) is 66.0 cm³/mol. The van der Waals surface area contributed by atoms with Crippen molar-refractivity contribution in [3.63, 3.8) is 0 Å². The van der Waals surface area contributed by atoms with E-state index in [0.29, 0.717) is 6.54 Å². The monoisotopic (exact) mass is 264 g/mol. The van der Waals surface area contributed by atoms with Crippen molar-refractivity contribution in [1.82, 2.24) is 15.2 Å². The van der Waals surface area contributed by atoms with Gasteiger partial charge in [-0.1, -0.05) is 0 Å². The number of aromatic nitrogens is 2. The highest BCUT2D eigenvalue weighted by Crippen LogP contribution is 2.34. The molecule has 1 aliphatic heterocycles. The van der Waals surface area contributed by atoms with Crippen molar-refractivity contribution in [2.75, 3.05) is 12.3 Å². The maximum absolute atomic E-state index is 12.3. The van der Waals surface area contributed by atoms with Crippen LogP contribution in [0.5, 0.6) is 0 Å². The number of nitrogens with two attached hydrogens (primary N) is 1. The van der Waals surface area contributed by atoms with Gasteiger partial charge in [-0.3, -0.25) is 4.79 Å². The molecule has 1 amide bonds. The molecule has 1 atom stereocenters. The van der Waals surface area contributed by atoms with E-state index in [9.17, 15) is 4.79 Å². The minimum Gasteiger partial charge on any atom is -0.379 e. The van der Waals surface area contributed by atoms with Crippen LogP contribution in [0.1, 0.15) is 34.9 Å². The zero-order valence-corrected chi connectivity index (χ0v) is 10.4. The first kappa shape index (κ1) is 11.2. The summed E-state index contributed by atoms with van der Waals surface area (Å²) < 4.78 is 4.48. The second-order valence-corrected chi connectivity index (χ2v) is 4.99. The molecule has 94 valence electrons. The summed E-state index contributed by atoms with van der Waals surface area (Å²) in [5, 5.41) is 11.1. The minimum atomic E-state index is -0.206. The summed E-state index contributed by atoms with van der Waals surface area (Å²) in [6, 6.07) is 2.16. The SMILES string of the molecule is Nc1nonc1C(=O)N1CCCC1c1ccsc1. The van der Waals surface area contributed by atoms with Crippen LogP contribution in [-0.2, 0) is 0 Å². The number of thiophene rings is 1. The predicted octanol–water partition coefficient (Wildman–Crippen LogP) is 1.69. The summed E-state index contributed by atoms with van der Waals surface area (Å²) >= 11 is 1.63. The van der Waals surface area contributed by atoms with Gasteiger partial charge in [0.05, 0.1) is 6.04 Å². The van der Waals surface area contributed by atoms with Crippen LogP contribution in [0.3, 0.4) is 0 Å². The smallest absolute Gasteiger partial charge is 0.280 e. The molecular weight excluding hydrogens is 252 g/mol. The van der Waals surface area contributed by atoms with E-state index in [1.807, 2.05) is 11.4 Å². The van der Waals surface area contributed by atoms with Gasteiger partial charge in [-0.15, -0.1) is 0 Å². The Morgan fingerprint density at radius 2 is 2.44 bits per heavy atom. The van der Waals surface area contributed by atoms with Crippen molar-refractivity contribution in [2.24, 2.45) is 0 Å². The number of rotatable bonds is 2. The Labute approximate surface area is 107 Å². The Bertz CT molecular complexity index is 551. The highest BCUT2D eigenvalue weighted by Gasteiger charge is 2.33. The Morgan fingerprint density at radius 3 is 3.11 bits per heavy atom. The maximum atomic E-state index is 12.3. The first-order valence-electron chi connectivity index (χ1n) is 5.68. The van der Waals surface area contributed by atoms with E-state index in [1.54, 1.807) is 16.2 Å². The third-order valence-electron chi connectivity index (χ3n) is 3.16. The summed E-state index contributed by atoms with van der Waals surface area (Å²) in [5.74, 6) is -0.154. The van der Waals surface area contributed by atoms with Crippen LogP contribution in [0.15, 0.2) is 21.5 Å². The largest absolute Gasteiger partial charge is 0.379 e. The molecule has 2 aromatic rings. The lowest BCUT2D eigenvalue weighted by Gasteiger charge is -2.23. The average molecular weight is 264 g/mol. The molecule has 3 rings (SSSR count). The van der Waals surface area contributed by atoms with Crippen molar-refractivity contribution in [3.8, 4) is 0 Å². The van der Waals surface area contributed by atoms with Gasteiger partial charge < -0.3 is 10.6 Å². The van der Waals surface area contributed by atoms with Crippen LogP contribution >= 0.6 is 11.3 Å². The molecule has 2 aromatic heterocycles. The third kappa shape index (κ3) is 1.76. The number of carbonyl (C=O) groups is 1. The fraction of sp³-hybridized carbons (Fsp3) is 0.364. The Hall–Kier alpha value is -1.89. The molecule has 3 heterocycles. The second-order valence-electron chi connectivity index (χ2n) is 4.21. The molecule has 0 radical (unpaired) electrons.